The van der Waals surface area contributed by atoms with E-state index in [4.69, 9.17) is 4.42 Å². The third-order valence-electron chi connectivity index (χ3n) is 3.53. The Morgan fingerprint density at radius 1 is 1.38 bits per heavy atom. The molecule has 5 heteroatoms. The van der Waals surface area contributed by atoms with Crippen molar-refractivity contribution in [3.63, 3.8) is 0 Å². The molecule has 0 amide bonds. The number of nitrogens with one attached hydrogen (secondary N) is 1. The van der Waals surface area contributed by atoms with Gasteiger partial charge in [-0.05, 0) is 35.9 Å². The molecule has 0 spiro atoms. The van der Waals surface area contributed by atoms with Crippen LogP contribution in [-0.4, -0.2) is 18.8 Å². The number of esters is 1. The number of benzene rings is 1. The van der Waals surface area contributed by atoms with Crippen molar-refractivity contribution < 1.29 is 13.9 Å². The van der Waals surface area contributed by atoms with Gasteiger partial charge in [-0.3, -0.25) is 0 Å². The molecule has 21 heavy (non-hydrogen) atoms. The SMILES string of the molecule is COC(=O)c1ccc(CNC2CCSc3ccccc32)o1. The van der Waals surface area contributed by atoms with Crippen LogP contribution in [0.1, 0.15) is 34.3 Å². The molecule has 0 bridgehead atoms. The van der Waals surface area contributed by atoms with E-state index in [-0.39, 0.29) is 5.76 Å². The first-order valence-electron chi connectivity index (χ1n) is 6.90. The largest absolute Gasteiger partial charge is 0.463 e. The van der Waals surface area contributed by atoms with Gasteiger partial charge in [-0.25, -0.2) is 4.79 Å². The van der Waals surface area contributed by atoms with Gasteiger partial charge >= 0.3 is 5.97 Å². The molecular formula is C16H17NO3S. The van der Waals surface area contributed by atoms with Gasteiger partial charge in [0.05, 0.1) is 13.7 Å². The number of rotatable bonds is 4. The molecule has 1 aromatic heterocycles. The average Bonchev–Trinajstić information content (AvgIpc) is 3.01. The fraction of sp³-hybridized carbons (Fsp3) is 0.312. The Labute approximate surface area is 127 Å². The molecule has 0 aliphatic carbocycles. The molecule has 1 N–H and O–H groups in total. The number of carbonyl (C=O) groups excluding carboxylic acids is 1. The molecule has 1 atom stereocenters. The average molecular weight is 303 g/mol. The van der Waals surface area contributed by atoms with E-state index < -0.39 is 5.97 Å². The lowest BCUT2D eigenvalue weighted by Gasteiger charge is -2.25. The number of fused-ring (bicyclic) bond motifs is 1. The van der Waals surface area contributed by atoms with Gasteiger partial charge in [0.25, 0.3) is 0 Å². The molecule has 1 unspecified atom stereocenters. The highest BCUT2D eigenvalue weighted by atomic mass is 32.2. The van der Waals surface area contributed by atoms with Crippen molar-refractivity contribution in [2.45, 2.75) is 23.9 Å². The van der Waals surface area contributed by atoms with Gasteiger partial charge in [0.15, 0.2) is 0 Å². The van der Waals surface area contributed by atoms with E-state index in [1.54, 1.807) is 6.07 Å². The van der Waals surface area contributed by atoms with Crippen LogP contribution < -0.4 is 5.32 Å². The lowest BCUT2D eigenvalue weighted by molar-refractivity contribution is 0.0562. The Balaban J connectivity index is 1.66. The van der Waals surface area contributed by atoms with E-state index in [0.29, 0.717) is 12.6 Å². The van der Waals surface area contributed by atoms with Gasteiger partial charge < -0.3 is 14.5 Å². The summed E-state index contributed by atoms with van der Waals surface area (Å²) in [6, 6.07) is 12.3. The first-order chi connectivity index (χ1) is 10.3. The second kappa shape index (κ2) is 6.37. The molecule has 1 aliphatic heterocycles. The number of hydrogen-bond acceptors (Lipinski definition) is 5. The van der Waals surface area contributed by atoms with E-state index in [1.807, 2.05) is 17.8 Å². The smallest absolute Gasteiger partial charge is 0.373 e. The standard InChI is InChI=1S/C16H17NO3S/c1-19-16(18)14-7-6-11(20-14)10-17-13-8-9-21-15-5-3-2-4-12(13)15/h2-7,13,17H,8-10H2,1H3. The van der Waals surface area contributed by atoms with E-state index in [2.05, 4.69) is 34.3 Å². The van der Waals surface area contributed by atoms with Crippen LogP contribution in [0.5, 0.6) is 0 Å². The minimum absolute atomic E-state index is 0.244. The van der Waals surface area contributed by atoms with E-state index >= 15 is 0 Å². The third kappa shape index (κ3) is 3.14. The van der Waals surface area contributed by atoms with Crippen molar-refractivity contribution in [1.82, 2.24) is 5.32 Å². The van der Waals surface area contributed by atoms with E-state index in [0.717, 1.165) is 17.9 Å². The van der Waals surface area contributed by atoms with Crippen LogP contribution in [0.15, 0.2) is 45.7 Å². The Bertz CT molecular complexity index is 638. The zero-order valence-electron chi connectivity index (χ0n) is 11.8. The molecule has 1 aromatic carbocycles. The fourth-order valence-corrected chi connectivity index (χ4v) is 3.59. The van der Waals surface area contributed by atoms with E-state index in [1.165, 1.54) is 17.6 Å². The summed E-state index contributed by atoms with van der Waals surface area (Å²) in [5.74, 6) is 1.65. The molecule has 0 saturated heterocycles. The first-order valence-corrected chi connectivity index (χ1v) is 7.88. The molecule has 4 nitrogen and oxygen atoms in total. The maximum atomic E-state index is 11.4. The zero-order chi connectivity index (χ0) is 14.7. The van der Waals surface area contributed by atoms with Gasteiger partial charge in [0.2, 0.25) is 5.76 Å². The maximum Gasteiger partial charge on any atom is 0.373 e. The number of hydrogen-bond donors (Lipinski definition) is 1. The number of furan rings is 1. The Morgan fingerprint density at radius 2 is 2.24 bits per heavy atom. The highest BCUT2D eigenvalue weighted by molar-refractivity contribution is 7.99. The monoisotopic (exact) mass is 303 g/mol. The Kier molecular flexibility index (Phi) is 4.31. The number of carbonyl (C=O) groups is 1. The van der Waals surface area contributed by atoms with Crippen molar-refractivity contribution >= 4 is 17.7 Å². The predicted molar refractivity (Wildman–Crippen MR) is 81.4 cm³/mol. The van der Waals surface area contributed by atoms with Gasteiger partial charge in [-0.15, -0.1) is 11.8 Å². The molecular weight excluding hydrogens is 286 g/mol. The second-order valence-electron chi connectivity index (χ2n) is 4.87. The quantitative estimate of drug-likeness (QED) is 0.877. The van der Waals surface area contributed by atoms with Gasteiger partial charge in [-0.2, -0.15) is 0 Å². The van der Waals surface area contributed by atoms with Crippen molar-refractivity contribution in [2.75, 3.05) is 12.9 Å². The lowest BCUT2D eigenvalue weighted by atomic mass is 10.0. The summed E-state index contributed by atoms with van der Waals surface area (Å²) < 4.78 is 10.1. The van der Waals surface area contributed by atoms with Crippen molar-refractivity contribution in [3.05, 3.63) is 53.5 Å². The normalized spacial score (nSPS) is 17.3. The lowest BCUT2D eigenvalue weighted by Crippen LogP contribution is -2.24. The zero-order valence-corrected chi connectivity index (χ0v) is 12.6. The molecule has 2 aromatic rings. The van der Waals surface area contributed by atoms with Crippen LogP contribution in [0.3, 0.4) is 0 Å². The molecule has 110 valence electrons. The number of thioether (sulfide) groups is 1. The minimum Gasteiger partial charge on any atom is -0.463 e. The molecule has 1 aliphatic rings. The van der Waals surface area contributed by atoms with Gasteiger partial charge in [0.1, 0.15) is 5.76 Å². The summed E-state index contributed by atoms with van der Waals surface area (Å²) in [5.41, 5.74) is 1.34. The number of methoxy groups -OCH3 is 1. The molecule has 0 saturated carbocycles. The van der Waals surface area contributed by atoms with Crippen molar-refractivity contribution in [2.24, 2.45) is 0 Å². The van der Waals surface area contributed by atoms with Crippen LogP contribution >= 0.6 is 11.8 Å². The summed E-state index contributed by atoms with van der Waals surface area (Å²) >= 11 is 1.90. The topological polar surface area (TPSA) is 51.5 Å². The van der Waals surface area contributed by atoms with E-state index in [9.17, 15) is 4.79 Å². The molecule has 0 radical (unpaired) electrons. The highest BCUT2D eigenvalue weighted by Crippen LogP contribution is 2.35. The highest BCUT2D eigenvalue weighted by Gasteiger charge is 2.20. The summed E-state index contributed by atoms with van der Waals surface area (Å²) in [7, 11) is 1.35. The third-order valence-corrected chi connectivity index (χ3v) is 4.65. The predicted octanol–water partition coefficient (Wildman–Crippen LogP) is 3.39. The van der Waals surface area contributed by atoms with Crippen LogP contribution in [-0.2, 0) is 11.3 Å². The van der Waals surface area contributed by atoms with Crippen LogP contribution in [0.25, 0.3) is 0 Å². The molecule has 3 rings (SSSR count). The molecule has 2 heterocycles. The second-order valence-corrected chi connectivity index (χ2v) is 6.00. The van der Waals surface area contributed by atoms with Crippen LogP contribution in [0.4, 0.5) is 0 Å². The van der Waals surface area contributed by atoms with Gasteiger partial charge in [-0.1, -0.05) is 18.2 Å². The number of ether oxygens (including phenoxy) is 1. The maximum absolute atomic E-state index is 11.4. The summed E-state index contributed by atoms with van der Waals surface area (Å²) in [4.78, 5) is 12.7. The first kappa shape index (κ1) is 14.2. The summed E-state index contributed by atoms with van der Waals surface area (Å²) in [5, 5.41) is 3.51. The summed E-state index contributed by atoms with van der Waals surface area (Å²) in [6.07, 6.45) is 1.09. The van der Waals surface area contributed by atoms with Gasteiger partial charge in [0, 0.05) is 10.9 Å². The van der Waals surface area contributed by atoms with Crippen LogP contribution in [0.2, 0.25) is 0 Å². The Morgan fingerprint density at radius 3 is 3.10 bits per heavy atom. The van der Waals surface area contributed by atoms with Crippen molar-refractivity contribution in [3.8, 4) is 0 Å². The summed E-state index contributed by atoms with van der Waals surface area (Å²) in [6.45, 7) is 0.598. The fourth-order valence-electron chi connectivity index (χ4n) is 2.46. The minimum atomic E-state index is -0.444. The Hall–Kier alpha value is -1.72. The molecule has 0 fully saturated rings. The van der Waals surface area contributed by atoms with Crippen molar-refractivity contribution in [1.29, 1.82) is 0 Å². The van der Waals surface area contributed by atoms with Crippen LogP contribution in [0, 0.1) is 0 Å².